The van der Waals surface area contributed by atoms with Crippen LogP contribution in [0.5, 0.6) is 17.2 Å². The van der Waals surface area contributed by atoms with Crippen LogP contribution in [0, 0.1) is 0 Å². The lowest BCUT2D eigenvalue weighted by atomic mass is 10.2. The van der Waals surface area contributed by atoms with Crippen molar-refractivity contribution >= 4 is 11.9 Å². The topological polar surface area (TPSA) is 62.0 Å². The molecule has 2 rings (SSSR count). The lowest BCUT2D eigenvalue weighted by Gasteiger charge is -2.04. The number of rotatable bonds is 4. The maximum atomic E-state index is 9.81. The average molecular weight is 257 g/mol. The van der Waals surface area contributed by atoms with E-state index >= 15 is 0 Å². The largest absolute Gasteiger partial charge is 0.508 e. The number of aromatic hydroxyl groups is 2. The van der Waals surface area contributed by atoms with Crippen LogP contribution in [0.2, 0.25) is 0 Å². The summed E-state index contributed by atoms with van der Waals surface area (Å²) >= 11 is 0. The second-order valence-electron chi connectivity index (χ2n) is 3.94. The van der Waals surface area contributed by atoms with Gasteiger partial charge in [-0.15, -0.1) is 0 Å². The van der Waals surface area contributed by atoms with Gasteiger partial charge in [0.25, 0.3) is 0 Å². The highest BCUT2D eigenvalue weighted by Crippen LogP contribution is 2.30. The van der Waals surface area contributed by atoms with Gasteiger partial charge in [0.1, 0.15) is 22.9 Å². The molecule has 4 nitrogen and oxygen atoms in total. The molecule has 0 aliphatic rings. The summed E-state index contributed by atoms with van der Waals surface area (Å²) in [6.45, 7) is 2.43. The van der Waals surface area contributed by atoms with Gasteiger partial charge in [0.15, 0.2) is 0 Å². The number of hydrogen-bond acceptors (Lipinski definition) is 4. The highest BCUT2D eigenvalue weighted by atomic mass is 16.5. The van der Waals surface area contributed by atoms with Crippen LogP contribution >= 0.6 is 0 Å². The van der Waals surface area contributed by atoms with Gasteiger partial charge < -0.3 is 14.9 Å². The number of phenolic OH excluding ortho intramolecular Hbond substituents is 2. The summed E-state index contributed by atoms with van der Waals surface area (Å²) in [7, 11) is 0. The van der Waals surface area contributed by atoms with Gasteiger partial charge >= 0.3 is 0 Å². The zero-order valence-corrected chi connectivity index (χ0v) is 10.6. The smallest absolute Gasteiger partial charge is 0.144 e. The molecule has 2 aromatic carbocycles. The first-order valence-corrected chi connectivity index (χ1v) is 5.98. The molecule has 0 radical (unpaired) electrons. The Morgan fingerprint density at radius 3 is 2.68 bits per heavy atom. The van der Waals surface area contributed by atoms with E-state index in [-0.39, 0.29) is 11.5 Å². The van der Waals surface area contributed by atoms with Gasteiger partial charge in [-0.2, -0.15) is 0 Å². The van der Waals surface area contributed by atoms with Crippen LogP contribution in [0.4, 0.5) is 5.69 Å². The first kappa shape index (κ1) is 13.0. The third kappa shape index (κ3) is 3.48. The summed E-state index contributed by atoms with van der Waals surface area (Å²) < 4.78 is 5.28. The van der Waals surface area contributed by atoms with Crippen molar-refractivity contribution in [3.8, 4) is 17.2 Å². The molecule has 98 valence electrons. The number of phenols is 2. The highest BCUT2D eigenvalue weighted by molar-refractivity contribution is 5.83. The molecule has 0 saturated heterocycles. The summed E-state index contributed by atoms with van der Waals surface area (Å²) in [5.74, 6) is 0.846. The first-order chi connectivity index (χ1) is 9.19. The third-order valence-electron chi connectivity index (χ3n) is 2.48. The molecular weight excluding hydrogens is 242 g/mol. The Kier molecular flexibility index (Phi) is 4.03. The van der Waals surface area contributed by atoms with Crippen molar-refractivity contribution in [1.29, 1.82) is 0 Å². The van der Waals surface area contributed by atoms with Crippen molar-refractivity contribution < 1.29 is 14.9 Å². The molecule has 4 heteroatoms. The van der Waals surface area contributed by atoms with Crippen LogP contribution in [-0.4, -0.2) is 23.0 Å². The van der Waals surface area contributed by atoms with Gasteiger partial charge in [0.05, 0.1) is 6.61 Å². The summed E-state index contributed by atoms with van der Waals surface area (Å²) in [6, 6.07) is 11.7. The van der Waals surface area contributed by atoms with Crippen LogP contribution in [0.3, 0.4) is 0 Å². The van der Waals surface area contributed by atoms with E-state index in [0.717, 1.165) is 5.56 Å². The SMILES string of the molecule is CCOc1ccc(N=Cc2cccc(O)c2)c(O)c1. The van der Waals surface area contributed by atoms with E-state index in [2.05, 4.69) is 4.99 Å². The lowest BCUT2D eigenvalue weighted by Crippen LogP contribution is -1.90. The van der Waals surface area contributed by atoms with Crippen molar-refractivity contribution in [2.75, 3.05) is 6.61 Å². The summed E-state index contributed by atoms with van der Waals surface area (Å²) in [5.41, 5.74) is 1.21. The number of hydrogen-bond donors (Lipinski definition) is 2. The van der Waals surface area contributed by atoms with Crippen molar-refractivity contribution in [2.45, 2.75) is 6.92 Å². The monoisotopic (exact) mass is 257 g/mol. The van der Waals surface area contributed by atoms with Crippen molar-refractivity contribution in [2.24, 2.45) is 4.99 Å². The standard InChI is InChI=1S/C15H15NO3/c1-2-19-13-6-7-14(15(18)9-13)16-10-11-4-3-5-12(17)8-11/h3-10,17-18H,2H2,1H3. The molecular formula is C15H15NO3. The van der Waals surface area contributed by atoms with Gasteiger partial charge in [-0.1, -0.05) is 12.1 Å². The van der Waals surface area contributed by atoms with Crippen LogP contribution in [-0.2, 0) is 0 Å². The van der Waals surface area contributed by atoms with Gasteiger partial charge in [-0.25, -0.2) is 0 Å². The Bertz CT molecular complexity index is 594. The Hall–Kier alpha value is -2.49. The lowest BCUT2D eigenvalue weighted by molar-refractivity contribution is 0.338. The van der Waals surface area contributed by atoms with Crippen LogP contribution < -0.4 is 4.74 Å². The minimum atomic E-state index is 0.0577. The molecule has 0 heterocycles. The Labute approximate surface area is 111 Å². The van der Waals surface area contributed by atoms with E-state index < -0.39 is 0 Å². The zero-order valence-electron chi connectivity index (χ0n) is 10.6. The normalized spacial score (nSPS) is 10.8. The molecule has 0 bridgehead atoms. The fourth-order valence-corrected chi connectivity index (χ4v) is 1.62. The quantitative estimate of drug-likeness (QED) is 0.826. The number of nitrogens with zero attached hydrogens (tertiary/aromatic N) is 1. The average Bonchev–Trinajstić information content (AvgIpc) is 2.38. The van der Waals surface area contributed by atoms with Gasteiger partial charge in [-0.3, -0.25) is 4.99 Å². The molecule has 0 unspecified atom stereocenters. The molecule has 2 N–H and O–H groups in total. The minimum absolute atomic E-state index is 0.0577. The zero-order chi connectivity index (χ0) is 13.7. The molecule has 0 aliphatic carbocycles. The molecule has 0 fully saturated rings. The molecule has 0 aromatic heterocycles. The maximum absolute atomic E-state index is 9.81. The van der Waals surface area contributed by atoms with Gasteiger partial charge in [-0.05, 0) is 36.8 Å². The van der Waals surface area contributed by atoms with Gasteiger partial charge in [0, 0.05) is 12.3 Å². The fraction of sp³-hybridized carbons (Fsp3) is 0.133. The first-order valence-electron chi connectivity index (χ1n) is 5.98. The molecule has 19 heavy (non-hydrogen) atoms. The summed E-state index contributed by atoms with van der Waals surface area (Å²) in [4.78, 5) is 4.18. The number of benzene rings is 2. The van der Waals surface area contributed by atoms with Gasteiger partial charge in [0.2, 0.25) is 0 Å². The predicted octanol–water partition coefficient (Wildman–Crippen LogP) is 3.25. The van der Waals surface area contributed by atoms with E-state index in [1.165, 1.54) is 6.07 Å². The second-order valence-corrected chi connectivity index (χ2v) is 3.94. The molecule has 0 saturated carbocycles. The molecule has 0 aliphatic heterocycles. The molecule has 0 spiro atoms. The maximum Gasteiger partial charge on any atom is 0.144 e. The predicted molar refractivity (Wildman–Crippen MR) is 74.6 cm³/mol. The summed E-state index contributed by atoms with van der Waals surface area (Å²) in [6.07, 6.45) is 1.58. The van der Waals surface area contributed by atoms with E-state index in [9.17, 15) is 10.2 Å². The number of aliphatic imine (C=N–C) groups is 1. The van der Waals surface area contributed by atoms with E-state index in [4.69, 9.17) is 4.74 Å². The fourth-order valence-electron chi connectivity index (χ4n) is 1.62. The Morgan fingerprint density at radius 2 is 2.00 bits per heavy atom. The Morgan fingerprint density at radius 1 is 1.16 bits per heavy atom. The van der Waals surface area contributed by atoms with Crippen molar-refractivity contribution in [3.05, 3.63) is 48.0 Å². The van der Waals surface area contributed by atoms with E-state index in [0.29, 0.717) is 18.0 Å². The van der Waals surface area contributed by atoms with Crippen LogP contribution in [0.25, 0.3) is 0 Å². The van der Waals surface area contributed by atoms with E-state index in [1.807, 2.05) is 13.0 Å². The molecule has 0 amide bonds. The highest BCUT2D eigenvalue weighted by Gasteiger charge is 2.01. The molecule has 2 aromatic rings. The number of ether oxygens (including phenoxy) is 1. The third-order valence-corrected chi connectivity index (χ3v) is 2.48. The summed E-state index contributed by atoms with van der Waals surface area (Å²) in [5, 5.41) is 19.1. The van der Waals surface area contributed by atoms with Crippen LogP contribution in [0.15, 0.2) is 47.5 Å². The Balaban J connectivity index is 2.19. The minimum Gasteiger partial charge on any atom is -0.508 e. The van der Waals surface area contributed by atoms with E-state index in [1.54, 1.807) is 36.5 Å². The molecule has 0 atom stereocenters. The van der Waals surface area contributed by atoms with Crippen molar-refractivity contribution in [1.82, 2.24) is 0 Å². The second kappa shape index (κ2) is 5.91. The van der Waals surface area contributed by atoms with Crippen LogP contribution in [0.1, 0.15) is 12.5 Å². The van der Waals surface area contributed by atoms with Crippen molar-refractivity contribution in [3.63, 3.8) is 0 Å².